The van der Waals surface area contributed by atoms with Crippen LogP contribution in [-0.4, -0.2) is 14.2 Å². The standard InChI is InChI=1S/C17H22N2O/c1-12-8-10-14(11-9-12)19(3)15-6-5-7-16(20-4)17(15)13(2)18/h5-11,13H,18H2,1-4H3/t13-/m0/s1. The van der Waals surface area contributed by atoms with Crippen LogP contribution in [0, 0.1) is 6.92 Å². The number of methoxy groups -OCH3 is 1. The molecule has 0 aliphatic rings. The van der Waals surface area contributed by atoms with Crippen molar-refractivity contribution in [2.24, 2.45) is 5.73 Å². The van der Waals surface area contributed by atoms with Crippen molar-refractivity contribution in [3.63, 3.8) is 0 Å². The maximum Gasteiger partial charge on any atom is 0.125 e. The van der Waals surface area contributed by atoms with Crippen molar-refractivity contribution in [1.82, 2.24) is 0 Å². The molecule has 0 bridgehead atoms. The fourth-order valence-corrected chi connectivity index (χ4v) is 2.37. The van der Waals surface area contributed by atoms with Crippen LogP contribution in [0.4, 0.5) is 11.4 Å². The highest BCUT2D eigenvalue weighted by atomic mass is 16.5. The van der Waals surface area contributed by atoms with Crippen molar-refractivity contribution in [3.8, 4) is 5.75 Å². The van der Waals surface area contributed by atoms with Crippen molar-refractivity contribution in [2.75, 3.05) is 19.1 Å². The number of nitrogens with zero attached hydrogens (tertiary/aromatic N) is 1. The lowest BCUT2D eigenvalue weighted by Gasteiger charge is -2.25. The second kappa shape index (κ2) is 5.97. The van der Waals surface area contributed by atoms with Gasteiger partial charge >= 0.3 is 0 Å². The molecule has 0 unspecified atom stereocenters. The summed E-state index contributed by atoms with van der Waals surface area (Å²) in [5.41, 5.74) is 10.6. The third kappa shape index (κ3) is 2.78. The molecule has 0 saturated carbocycles. The number of anilines is 2. The number of hydrogen-bond donors (Lipinski definition) is 1. The predicted octanol–water partition coefficient (Wildman–Crippen LogP) is 3.79. The Morgan fingerprint density at radius 2 is 1.75 bits per heavy atom. The second-order valence-corrected chi connectivity index (χ2v) is 5.08. The van der Waals surface area contributed by atoms with Crippen LogP contribution in [0.1, 0.15) is 24.1 Å². The van der Waals surface area contributed by atoms with Crippen LogP contribution in [-0.2, 0) is 0 Å². The summed E-state index contributed by atoms with van der Waals surface area (Å²) in [5.74, 6) is 0.830. The average molecular weight is 270 g/mol. The molecule has 106 valence electrons. The van der Waals surface area contributed by atoms with Crippen LogP contribution in [0.25, 0.3) is 0 Å². The number of hydrogen-bond acceptors (Lipinski definition) is 3. The van der Waals surface area contributed by atoms with E-state index in [2.05, 4.69) is 42.2 Å². The maximum atomic E-state index is 6.12. The van der Waals surface area contributed by atoms with Crippen LogP contribution >= 0.6 is 0 Å². The summed E-state index contributed by atoms with van der Waals surface area (Å²) in [7, 11) is 3.72. The molecule has 0 aromatic heterocycles. The molecule has 0 aliphatic carbocycles. The van der Waals surface area contributed by atoms with E-state index in [1.165, 1.54) is 5.56 Å². The molecule has 20 heavy (non-hydrogen) atoms. The summed E-state index contributed by atoms with van der Waals surface area (Å²) < 4.78 is 5.45. The summed E-state index contributed by atoms with van der Waals surface area (Å²) in [4.78, 5) is 2.14. The SMILES string of the molecule is COc1cccc(N(C)c2ccc(C)cc2)c1[C@H](C)N. The van der Waals surface area contributed by atoms with Gasteiger partial charge in [0.05, 0.1) is 7.11 Å². The highest BCUT2D eigenvalue weighted by molar-refractivity contribution is 5.69. The second-order valence-electron chi connectivity index (χ2n) is 5.08. The third-order valence-corrected chi connectivity index (χ3v) is 3.50. The van der Waals surface area contributed by atoms with Gasteiger partial charge < -0.3 is 15.4 Å². The quantitative estimate of drug-likeness (QED) is 0.918. The van der Waals surface area contributed by atoms with E-state index in [4.69, 9.17) is 10.5 Å². The van der Waals surface area contributed by atoms with E-state index in [0.717, 1.165) is 22.7 Å². The summed E-state index contributed by atoms with van der Waals surface area (Å²) in [5, 5.41) is 0. The Morgan fingerprint density at radius 3 is 2.30 bits per heavy atom. The monoisotopic (exact) mass is 270 g/mol. The average Bonchev–Trinajstić information content (AvgIpc) is 2.46. The number of aryl methyl sites for hydroxylation is 1. The van der Waals surface area contributed by atoms with Crippen molar-refractivity contribution >= 4 is 11.4 Å². The van der Waals surface area contributed by atoms with E-state index in [1.807, 2.05) is 26.1 Å². The van der Waals surface area contributed by atoms with Crippen LogP contribution in [0.2, 0.25) is 0 Å². The van der Waals surface area contributed by atoms with E-state index >= 15 is 0 Å². The van der Waals surface area contributed by atoms with Gasteiger partial charge in [0.2, 0.25) is 0 Å². The van der Waals surface area contributed by atoms with E-state index in [0.29, 0.717) is 0 Å². The Balaban J connectivity index is 2.48. The largest absolute Gasteiger partial charge is 0.496 e. The molecule has 2 rings (SSSR count). The van der Waals surface area contributed by atoms with Crippen LogP contribution < -0.4 is 15.4 Å². The molecule has 2 N–H and O–H groups in total. The molecule has 3 nitrogen and oxygen atoms in total. The van der Waals surface area contributed by atoms with Crippen molar-refractivity contribution in [1.29, 1.82) is 0 Å². The van der Waals surface area contributed by atoms with E-state index in [9.17, 15) is 0 Å². The van der Waals surface area contributed by atoms with Gasteiger partial charge in [-0.2, -0.15) is 0 Å². The van der Waals surface area contributed by atoms with Crippen molar-refractivity contribution in [2.45, 2.75) is 19.9 Å². The topological polar surface area (TPSA) is 38.5 Å². The molecular formula is C17H22N2O. The molecule has 3 heteroatoms. The number of nitrogens with two attached hydrogens (primary N) is 1. The Labute approximate surface area is 121 Å². The first kappa shape index (κ1) is 14.4. The molecule has 1 atom stereocenters. The Bertz CT molecular complexity index is 576. The van der Waals surface area contributed by atoms with Gasteiger partial charge in [0.1, 0.15) is 5.75 Å². The third-order valence-electron chi connectivity index (χ3n) is 3.50. The minimum Gasteiger partial charge on any atom is -0.496 e. The van der Waals surface area contributed by atoms with E-state index in [1.54, 1.807) is 7.11 Å². The summed E-state index contributed by atoms with van der Waals surface area (Å²) in [6.45, 7) is 4.06. The lowest BCUT2D eigenvalue weighted by molar-refractivity contribution is 0.407. The summed E-state index contributed by atoms with van der Waals surface area (Å²) in [6.07, 6.45) is 0. The zero-order valence-corrected chi connectivity index (χ0v) is 12.6. The zero-order valence-electron chi connectivity index (χ0n) is 12.6. The lowest BCUT2D eigenvalue weighted by Crippen LogP contribution is -2.16. The first-order valence-corrected chi connectivity index (χ1v) is 6.77. The van der Waals surface area contributed by atoms with Gasteiger partial charge in [0.25, 0.3) is 0 Å². The van der Waals surface area contributed by atoms with Gasteiger partial charge in [-0.3, -0.25) is 0 Å². The minimum atomic E-state index is -0.0888. The molecule has 0 spiro atoms. The first-order chi connectivity index (χ1) is 9.54. The van der Waals surface area contributed by atoms with Crippen LogP contribution in [0.5, 0.6) is 5.75 Å². The van der Waals surface area contributed by atoms with Gasteiger partial charge in [-0.05, 0) is 38.1 Å². The molecule has 0 amide bonds. The maximum absolute atomic E-state index is 6.12. The van der Waals surface area contributed by atoms with E-state index < -0.39 is 0 Å². The van der Waals surface area contributed by atoms with Crippen LogP contribution in [0.3, 0.4) is 0 Å². The Kier molecular flexibility index (Phi) is 4.30. The predicted molar refractivity (Wildman–Crippen MR) is 84.8 cm³/mol. The van der Waals surface area contributed by atoms with Crippen LogP contribution in [0.15, 0.2) is 42.5 Å². The fraction of sp³-hybridized carbons (Fsp3) is 0.294. The molecule has 0 radical (unpaired) electrons. The fourth-order valence-electron chi connectivity index (χ4n) is 2.37. The molecule has 0 saturated heterocycles. The molecule has 0 aliphatic heterocycles. The smallest absolute Gasteiger partial charge is 0.125 e. The molecule has 0 fully saturated rings. The van der Waals surface area contributed by atoms with Crippen molar-refractivity contribution in [3.05, 3.63) is 53.6 Å². The van der Waals surface area contributed by atoms with Gasteiger partial charge in [0, 0.05) is 30.0 Å². The van der Waals surface area contributed by atoms with Gasteiger partial charge in [0.15, 0.2) is 0 Å². The molecule has 2 aromatic carbocycles. The normalized spacial score (nSPS) is 12.1. The van der Waals surface area contributed by atoms with Gasteiger partial charge in [-0.15, -0.1) is 0 Å². The van der Waals surface area contributed by atoms with Gasteiger partial charge in [-0.25, -0.2) is 0 Å². The summed E-state index contributed by atoms with van der Waals surface area (Å²) >= 11 is 0. The number of ether oxygens (including phenoxy) is 1. The Hall–Kier alpha value is -2.00. The minimum absolute atomic E-state index is 0.0888. The molecule has 0 heterocycles. The Morgan fingerprint density at radius 1 is 1.10 bits per heavy atom. The highest BCUT2D eigenvalue weighted by Crippen LogP contribution is 2.36. The molecule has 2 aromatic rings. The van der Waals surface area contributed by atoms with Crippen molar-refractivity contribution < 1.29 is 4.74 Å². The number of rotatable bonds is 4. The van der Waals surface area contributed by atoms with Gasteiger partial charge in [-0.1, -0.05) is 23.8 Å². The molecular weight excluding hydrogens is 248 g/mol. The lowest BCUT2D eigenvalue weighted by atomic mass is 10.0. The number of benzene rings is 2. The zero-order chi connectivity index (χ0) is 14.7. The van der Waals surface area contributed by atoms with E-state index in [-0.39, 0.29) is 6.04 Å². The first-order valence-electron chi connectivity index (χ1n) is 6.77. The summed E-state index contributed by atoms with van der Waals surface area (Å²) in [6, 6.07) is 14.4. The highest BCUT2D eigenvalue weighted by Gasteiger charge is 2.16.